The molecule has 0 saturated carbocycles. The van der Waals surface area contributed by atoms with Gasteiger partial charge in [0, 0.05) is 33.9 Å². The summed E-state index contributed by atoms with van der Waals surface area (Å²) in [5, 5.41) is 2.25. The van der Waals surface area contributed by atoms with E-state index in [-0.39, 0.29) is 11.1 Å². The highest BCUT2D eigenvalue weighted by molar-refractivity contribution is 9.10. The van der Waals surface area contributed by atoms with Crippen LogP contribution in [0.3, 0.4) is 0 Å². The van der Waals surface area contributed by atoms with Gasteiger partial charge in [-0.25, -0.2) is 18.1 Å². The fraction of sp³-hybridized carbons (Fsp3) is 0.125. The van der Waals surface area contributed by atoms with E-state index in [0.717, 1.165) is 15.6 Å². The SMILES string of the molecule is C[C@@H](NS(=O)(=O)c1csc(-c2ccc(Br)cc2)n1)c1ccncc1. The van der Waals surface area contributed by atoms with Gasteiger partial charge in [0.25, 0.3) is 10.0 Å². The molecule has 2 aromatic heterocycles. The van der Waals surface area contributed by atoms with Crippen molar-refractivity contribution in [1.29, 1.82) is 0 Å². The van der Waals surface area contributed by atoms with Crippen LogP contribution in [0.1, 0.15) is 18.5 Å². The Hall–Kier alpha value is -1.61. The number of hydrogen-bond acceptors (Lipinski definition) is 5. The van der Waals surface area contributed by atoms with Gasteiger partial charge in [-0.05, 0) is 36.8 Å². The van der Waals surface area contributed by atoms with Gasteiger partial charge in [0.05, 0.1) is 0 Å². The molecule has 5 nitrogen and oxygen atoms in total. The zero-order valence-corrected chi connectivity index (χ0v) is 15.9. The van der Waals surface area contributed by atoms with Gasteiger partial charge in [-0.15, -0.1) is 11.3 Å². The van der Waals surface area contributed by atoms with Crippen molar-refractivity contribution in [3.63, 3.8) is 0 Å². The van der Waals surface area contributed by atoms with Gasteiger partial charge >= 0.3 is 0 Å². The number of halogens is 1. The molecule has 0 aliphatic carbocycles. The second-order valence-corrected chi connectivity index (χ2v) is 8.56. The van der Waals surface area contributed by atoms with Gasteiger partial charge in [0.1, 0.15) is 5.01 Å². The van der Waals surface area contributed by atoms with E-state index in [9.17, 15) is 8.42 Å². The van der Waals surface area contributed by atoms with E-state index >= 15 is 0 Å². The minimum atomic E-state index is -3.68. The smallest absolute Gasteiger partial charge is 0.259 e. The molecule has 0 spiro atoms. The molecule has 3 rings (SSSR count). The molecule has 24 heavy (non-hydrogen) atoms. The van der Waals surface area contributed by atoms with Crippen molar-refractivity contribution in [3.8, 4) is 10.6 Å². The minimum Gasteiger partial charge on any atom is -0.265 e. The fourth-order valence-electron chi connectivity index (χ4n) is 2.12. The van der Waals surface area contributed by atoms with Crippen molar-refractivity contribution in [2.24, 2.45) is 0 Å². The molecule has 0 aliphatic rings. The van der Waals surface area contributed by atoms with Gasteiger partial charge in [-0.1, -0.05) is 28.1 Å². The first kappa shape index (κ1) is 17.2. The zero-order valence-electron chi connectivity index (χ0n) is 12.7. The Labute approximate surface area is 153 Å². The predicted octanol–water partition coefficient (Wildman–Crippen LogP) is 4.01. The Balaban J connectivity index is 1.82. The number of pyridine rings is 1. The van der Waals surface area contributed by atoms with Crippen LogP contribution in [-0.2, 0) is 10.0 Å². The molecule has 1 aromatic carbocycles. The van der Waals surface area contributed by atoms with Gasteiger partial charge in [-0.3, -0.25) is 4.98 Å². The normalized spacial score (nSPS) is 12.9. The Kier molecular flexibility index (Phi) is 5.09. The van der Waals surface area contributed by atoms with Crippen LogP contribution in [0.25, 0.3) is 10.6 Å². The first-order valence-corrected chi connectivity index (χ1v) is 10.2. The highest BCUT2D eigenvalue weighted by Crippen LogP contribution is 2.27. The third-order valence-electron chi connectivity index (χ3n) is 3.39. The van der Waals surface area contributed by atoms with Crippen molar-refractivity contribution < 1.29 is 8.42 Å². The molecule has 1 atom stereocenters. The van der Waals surface area contributed by atoms with Crippen molar-refractivity contribution in [2.45, 2.75) is 18.0 Å². The maximum atomic E-state index is 12.5. The molecule has 0 radical (unpaired) electrons. The van der Waals surface area contributed by atoms with E-state index in [4.69, 9.17) is 0 Å². The van der Waals surface area contributed by atoms with Crippen LogP contribution in [0.4, 0.5) is 0 Å². The van der Waals surface area contributed by atoms with E-state index in [0.29, 0.717) is 5.01 Å². The molecular weight excluding hydrogens is 410 g/mol. The lowest BCUT2D eigenvalue weighted by Crippen LogP contribution is -2.27. The molecule has 3 aromatic rings. The minimum absolute atomic E-state index is 0.0336. The summed E-state index contributed by atoms with van der Waals surface area (Å²) in [6.07, 6.45) is 3.27. The number of hydrogen-bond donors (Lipinski definition) is 1. The molecule has 0 bridgehead atoms. The van der Waals surface area contributed by atoms with Crippen LogP contribution in [0.2, 0.25) is 0 Å². The van der Waals surface area contributed by atoms with Gasteiger partial charge < -0.3 is 0 Å². The number of nitrogens with zero attached hydrogens (tertiary/aromatic N) is 2. The lowest BCUT2D eigenvalue weighted by atomic mass is 10.1. The Morgan fingerprint density at radius 3 is 2.46 bits per heavy atom. The topological polar surface area (TPSA) is 72.0 Å². The first-order valence-electron chi connectivity index (χ1n) is 7.09. The standard InChI is InChI=1S/C16H14BrN3O2S2/c1-11(12-6-8-18-9-7-12)20-24(21,22)15-10-23-16(19-15)13-2-4-14(17)5-3-13/h2-11,20H,1H3/t11-/m1/s1. The van der Waals surface area contributed by atoms with Crippen LogP contribution in [-0.4, -0.2) is 18.4 Å². The van der Waals surface area contributed by atoms with Crippen molar-refractivity contribution in [3.05, 3.63) is 64.2 Å². The molecule has 2 heterocycles. The second-order valence-electron chi connectivity index (χ2n) is 5.12. The van der Waals surface area contributed by atoms with Crippen molar-refractivity contribution in [2.75, 3.05) is 0 Å². The lowest BCUT2D eigenvalue weighted by Gasteiger charge is -2.13. The largest absolute Gasteiger partial charge is 0.265 e. The molecule has 0 amide bonds. The molecule has 0 fully saturated rings. The molecule has 124 valence electrons. The highest BCUT2D eigenvalue weighted by Gasteiger charge is 2.21. The number of nitrogens with one attached hydrogen (secondary N) is 1. The van der Waals surface area contributed by atoms with Crippen LogP contribution < -0.4 is 4.72 Å². The van der Waals surface area contributed by atoms with Crippen molar-refractivity contribution >= 4 is 37.3 Å². The predicted molar refractivity (Wildman–Crippen MR) is 98.2 cm³/mol. The number of rotatable bonds is 5. The third kappa shape index (κ3) is 3.89. The summed E-state index contributed by atoms with van der Waals surface area (Å²) in [6, 6.07) is 10.8. The van der Waals surface area contributed by atoms with Crippen LogP contribution in [0.15, 0.2) is 63.7 Å². The number of sulfonamides is 1. The molecule has 0 unspecified atom stereocenters. The van der Waals surface area contributed by atoms with Crippen LogP contribution >= 0.6 is 27.3 Å². The maximum Gasteiger partial charge on any atom is 0.259 e. The summed E-state index contributed by atoms with van der Waals surface area (Å²) in [7, 11) is -3.68. The van der Waals surface area contributed by atoms with Gasteiger partial charge in [0.2, 0.25) is 0 Å². The fourth-order valence-corrected chi connectivity index (χ4v) is 4.72. The monoisotopic (exact) mass is 423 g/mol. The summed E-state index contributed by atoms with van der Waals surface area (Å²) < 4.78 is 28.7. The maximum absolute atomic E-state index is 12.5. The van der Waals surface area contributed by atoms with E-state index in [1.54, 1.807) is 36.8 Å². The van der Waals surface area contributed by atoms with E-state index in [2.05, 4.69) is 30.6 Å². The van der Waals surface area contributed by atoms with E-state index in [1.165, 1.54) is 11.3 Å². The van der Waals surface area contributed by atoms with Crippen molar-refractivity contribution in [1.82, 2.24) is 14.7 Å². The number of thiazole rings is 1. The summed E-state index contributed by atoms with van der Waals surface area (Å²) in [4.78, 5) is 8.20. The van der Waals surface area contributed by atoms with E-state index in [1.807, 2.05) is 24.3 Å². The van der Waals surface area contributed by atoms with Crippen LogP contribution in [0.5, 0.6) is 0 Å². The molecule has 0 aliphatic heterocycles. The number of aromatic nitrogens is 2. The molecular formula is C16H14BrN3O2S2. The summed E-state index contributed by atoms with van der Waals surface area (Å²) in [6.45, 7) is 1.79. The Morgan fingerprint density at radius 2 is 1.79 bits per heavy atom. The van der Waals surface area contributed by atoms with Gasteiger partial charge in [-0.2, -0.15) is 0 Å². The first-order chi connectivity index (χ1) is 11.5. The summed E-state index contributed by atoms with van der Waals surface area (Å²) in [5.41, 5.74) is 1.73. The van der Waals surface area contributed by atoms with Gasteiger partial charge in [0.15, 0.2) is 5.03 Å². The van der Waals surface area contributed by atoms with E-state index < -0.39 is 10.0 Å². The second kappa shape index (κ2) is 7.10. The summed E-state index contributed by atoms with van der Waals surface area (Å²) >= 11 is 4.68. The average Bonchev–Trinajstić information content (AvgIpc) is 3.07. The third-order valence-corrected chi connectivity index (χ3v) is 6.38. The number of benzene rings is 1. The Bertz CT molecular complexity index is 925. The Morgan fingerprint density at radius 1 is 1.12 bits per heavy atom. The highest BCUT2D eigenvalue weighted by atomic mass is 79.9. The molecule has 8 heteroatoms. The molecule has 1 N–H and O–H groups in total. The lowest BCUT2D eigenvalue weighted by molar-refractivity contribution is 0.564. The summed E-state index contributed by atoms with van der Waals surface area (Å²) in [5.74, 6) is 0. The quantitative estimate of drug-likeness (QED) is 0.672. The van der Waals surface area contributed by atoms with Crippen LogP contribution in [0, 0.1) is 0 Å². The zero-order chi connectivity index (χ0) is 17.2. The molecule has 0 saturated heterocycles. The average molecular weight is 424 g/mol.